The third-order valence-electron chi connectivity index (χ3n) is 3.68. The van der Waals surface area contributed by atoms with Crippen molar-refractivity contribution in [1.82, 2.24) is 9.88 Å². The Morgan fingerprint density at radius 1 is 1.12 bits per heavy atom. The number of nitrogens with two attached hydrogens (primary N) is 1. The molecule has 0 spiro atoms. The minimum Gasteiger partial charge on any atom is -0.452 e. The van der Waals surface area contributed by atoms with Crippen LogP contribution < -0.4 is 5.73 Å². The molecule has 1 aromatic heterocycles. The lowest BCUT2D eigenvalue weighted by Gasteiger charge is -2.35. The third kappa shape index (κ3) is 5.04. The van der Waals surface area contributed by atoms with Crippen LogP contribution in [0, 0.1) is 0 Å². The summed E-state index contributed by atoms with van der Waals surface area (Å²) < 4.78 is 5.13. The number of benzene rings is 1. The van der Waals surface area contributed by atoms with Crippen molar-refractivity contribution in [1.29, 1.82) is 0 Å². The number of amides is 1. The number of pyridine rings is 1. The van der Waals surface area contributed by atoms with Gasteiger partial charge in [0.2, 0.25) is 0 Å². The Morgan fingerprint density at radius 2 is 1.80 bits per heavy atom. The van der Waals surface area contributed by atoms with E-state index >= 15 is 0 Å². The van der Waals surface area contributed by atoms with Gasteiger partial charge in [-0.25, -0.2) is 9.78 Å². The smallest absolute Gasteiger partial charge is 0.342 e. The second-order valence-corrected chi connectivity index (χ2v) is 6.65. The van der Waals surface area contributed by atoms with Gasteiger partial charge >= 0.3 is 5.97 Å². The second-order valence-electron chi connectivity index (χ2n) is 6.65. The Kier molecular flexibility index (Phi) is 5.75. The summed E-state index contributed by atoms with van der Waals surface area (Å²) in [7, 11) is 0. The van der Waals surface area contributed by atoms with E-state index < -0.39 is 11.5 Å². The van der Waals surface area contributed by atoms with E-state index in [1.54, 1.807) is 11.0 Å². The lowest BCUT2D eigenvalue weighted by molar-refractivity contribution is -0.140. The number of esters is 1. The predicted octanol–water partition coefficient (Wildman–Crippen LogP) is 2.65. The number of nitrogens with zero attached hydrogens (tertiary/aromatic N) is 2. The molecule has 1 amide bonds. The molecule has 0 aliphatic rings. The summed E-state index contributed by atoms with van der Waals surface area (Å²) in [5.74, 6) is -0.850. The SMILES string of the molecule is CC(C)(C)N(Cc1ccccc1)C(=O)COC(=O)c1cccnc1N. The quantitative estimate of drug-likeness (QED) is 0.845. The minimum absolute atomic E-state index is 0.0805. The monoisotopic (exact) mass is 341 g/mol. The van der Waals surface area contributed by atoms with Crippen molar-refractivity contribution in [3.05, 3.63) is 59.8 Å². The maximum atomic E-state index is 12.6. The molecule has 0 aliphatic heterocycles. The van der Waals surface area contributed by atoms with Gasteiger partial charge in [-0.1, -0.05) is 30.3 Å². The molecule has 0 bridgehead atoms. The van der Waals surface area contributed by atoms with E-state index in [1.807, 2.05) is 51.1 Å². The maximum Gasteiger partial charge on any atom is 0.342 e. The molecular weight excluding hydrogens is 318 g/mol. The van der Waals surface area contributed by atoms with Crippen LogP contribution >= 0.6 is 0 Å². The Morgan fingerprint density at radius 3 is 2.40 bits per heavy atom. The summed E-state index contributed by atoms with van der Waals surface area (Å²) in [6.07, 6.45) is 1.48. The van der Waals surface area contributed by atoms with Crippen LogP contribution in [-0.4, -0.2) is 33.9 Å². The summed E-state index contributed by atoms with van der Waals surface area (Å²) in [6, 6.07) is 12.8. The van der Waals surface area contributed by atoms with E-state index in [0.717, 1.165) is 5.56 Å². The zero-order valence-electron chi connectivity index (χ0n) is 14.7. The van der Waals surface area contributed by atoms with E-state index in [0.29, 0.717) is 6.54 Å². The molecule has 0 saturated heterocycles. The van der Waals surface area contributed by atoms with Gasteiger partial charge in [-0.15, -0.1) is 0 Å². The van der Waals surface area contributed by atoms with Crippen molar-refractivity contribution in [2.24, 2.45) is 0 Å². The first-order chi connectivity index (χ1) is 11.8. The molecule has 0 aliphatic carbocycles. The Bertz CT molecular complexity index is 739. The van der Waals surface area contributed by atoms with Gasteiger partial charge in [0.25, 0.3) is 5.91 Å². The molecule has 2 N–H and O–H groups in total. The van der Waals surface area contributed by atoms with Crippen molar-refractivity contribution in [3.63, 3.8) is 0 Å². The van der Waals surface area contributed by atoms with E-state index in [-0.39, 0.29) is 23.9 Å². The Labute approximate surface area is 147 Å². The molecular formula is C19H23N3O3. The molecule has 0 radical (unpaired) electrons. The van der Waals surface area contributed by atoms with E-state index in [1.165, 1.54) is 12.3 Å². The molecule has 0 fully saturated rings. The van der Waals surface area contributed by atoms with Gasteiger partial charge in [0, 0.05) is 18.3 Å². The molecule has 0 atom stereocenters. The average Bonchev–Trinajstić information content (AvgIpc) is 2.57. The minimum atomic E-state index is -0.660. The second kappa shape index (κ2) is 7.79. The molecule has 1 heterocycles. The molecule has 132 valence electrons. The first kappa shape index (κ1) is 18.4. The number of aromatic nitrogens is 1. The highest BCUT2D eigenvalue weighted by atomic mass is 16.5. The van der Waals surface area contributed by atoms with Crippen LogP contribution in [0.15, 0.2) is 48.7 Å². The maximum absolute atomic E-state index is 12.6. The van der Waals surface area contributed by atoms with Gasteiger partial charge in [0.1, 0.15) is 11.4 Å². The van der Waals surface area contributed by atoms with E-state index in [4.69, 9.17) is 10.5 Å². The normalized spacial score (nSPS) is 11.0. The highest BCUT2D eigenvalue weighted by Crippen LogP contribution is 2.18. The first-order valence-corrected chi connectivity index (χ1v) is 8.01. The van der Waals surface area contributed by atoms with Crippen molar-refractivity contribution < 1.29 is 14.3 Å². The number of hydrogen-bond donors (Lipinski definition) is 1. The van der Waals surface area contributed by atoms with Crippen molar-refractivity contribution in [3.8, 4) is 0 Å². The van der Waals surface area contributed by atoms with Crippen LogP contribution in [0.1, 0.15) is 36.7 Å². The number of carbonyl (C=O) groups is 2. The fourth-order valence-electron chi connectivity index (χ4n) is 2.34. The summed E-state index contributed by atoms with van der Waals surface area (Å²) in [5, 5.41) is 0. The third-order valence-corrected chi connectivity index (χ3v) is 3.68. The summed E-state index contributed by atoms with van der Waals surface area (Å²) in [4.78, 5) is 30.2. The van der Waals surface area contributed by atoms with Gasteiger partial charge in [-0.3, -0.25) is 4.79 Å². The summed E-state index contributed by atoms with van der Waals surface area (Å²) in [5.41, 5.74) is 6.40. The van der Waals surface area contributed by atoms with Crippen LogP contribution in [0.25, 0.3) is 0 Å². The van der Waals surface area contributed by atoms with Crippen LogP contribution in [0.2, 0.25) is 0 Å². The van der Waals surface area contributed by atoms with Gasteiger partial charge in [0.15, 0.2) is 6.61 Å². The zero-order chi connectivity index (χ0) is 18.4. The van der Waals surface area contributed by atoms with Gasteiger partial charge in [-0.2, -0.15) is 0 Å². The number of hydrogen-bond acceptors (Lipinski definition) is 5. The molecule has 6 nitrogen and oxygen atoms in total. The standard InChI is InChI=1S/C19H23N3O3/c1-19(2,3)22(12-14-8-5-4-6-9-14)16(23)13-25-18(24)15-10-7-11-21-17(15)20/h4-11H,12-13H2,1-3H3,(H2,20,21). The average molecular weight is 341 g/mol. The number of anilines is 1. The van der Waals surface area contributed by atoms with Crippen molar-refractivity contribution in [2.75, 3.05) is 12.3 Å². The van der Waals surface area contributed by atoms with Crippen LogP contribution in [0.3, 0.4) is 0 Å². The summed E-state index contributed by atoms with van der Waals surface area (Å²) in [6.45, 7) is 5.91. The van der Waals surface area contributed by atoms with Crippen molar-refractivity contribution in [2.45, 2.75) is 32.9 Å². The molecule has 0 unspecified atom stereocenters. The number of carbonyl (C=O) groups excluding carboxylic acids is 2. The lowest BCUT2D eigenvalue weighted by Crippen LogP contribution is -2.46. The molecule has 1 aromatic carbocycles. The van der Waals surface area contributed by atoms with Crippen LogP contribution in [0.5, 0.6) is 0 Å². The number of nitrogen functional groups attached to an aromatic ring is 1. The first-order valence-electron chi connectivity index (χ1n) is 8.01. The largest absolute Gasteiger partial charge is 0.452 e. The van der Waals surface area contributed by atoms with Crippen LogP contribution in [0.4, 0.5) is 5.82 Å². The van der Waals surface area contributed by atoms with E-state index in [9.17, 15) is 9.59 Å². The number of ether oxygens (including phenoxy) is 1. The lowest BCUT2D eigenvalue weighted by atomic mass is 10.0. The molecule has 2 rings (SSSR count). The molecule has 2 aromatic rings. The summed E-state index contributed by atoms with van der Waals surface area (Å²) >= 11 is 0. The highest BCUT2D eigenvalue weighted by molar-refractivity contribution is 5.95. The molecule has 6 heteroatoms. The molecule has 25 heavy (non-hydrogen) atoms. The Hall–Kier alpha value is -2.89. The Balaban J connectivity index is 2.05. The van der Waals surface area contributed by atoms with Gasteiger partial charge in [0.05, 0.1) is 0 Å². The van der Waals surface area contributed by atoms with Gasteiger partial charge in [-0.05, 0) is 38.5 Å². The zero-order valence-corrected chi connectivity index (χ0v) is 14.7. The van der Waals surface area contributed by atoms with Crippen molar-refractivity contribution >= 4 is 17.7 Å². The number of rotatable bonds is 5. The van der Waals surface area contributed by atoms with E-state index in [2.05, 4.69) is 4.98 Å². The van der Waals surface area contributed by atoms with Crippen LogP contribution in [-0.2, 0) is 16.1 Å². The predicted molar refractivity (Wildman–Crippen MR) is 95.7 cm³/mol. The topological polar surface area (TPSA) is 85.5 Å². The van der Waals surface area contributed by atoms with Gasteiger partial charge < -0.3 is 15.4 Å². The highest BCUT2D eigenvalue weighted by Gasteiger charge is 2.27. The fourth-order valence-corrected chi connectivity index (χ4v) is 2.34. The fraction of sp³-hybridized carbons (Fsp3) is 0.316. The molecule has 0 saturated carbocycles.